The minimum atomic E-state index is -1.74. The lowest BCUT2D eigenvalue weighted by Gasteiger charge is -2.18. The molecule has 3 N–H and O–H groups in total. The zero-order chi connectivity index (χ0) is 18.7. The summed E-state index contributed by atoms with van der Waals surface area (Å²) in [7, 11) is 3.21. The van der Waals surface area contributed by atoms with Crippen LogP contribution in [-0.2, 0) is 11.2 Å². The molecule has 0 radical (unpaired) electrons. The van der Waals surface area contributed by atoms with Crippen LogP contribution in [0.3, 0.4) is 0 Å². The quantitative estimate of drug-likeness (QED) is 0.694. The van der Waals surface area contributed by atoms with Gasteiger partial charge in [-0.2, -0.15) is 0 Å². The summed E-state index contributed by atoms with van der Waals surface area (Å²) in [5.74, 6) is 0.0636. The number of nitrogens with zero attached hydrogens (tertiary/aromatic N) is 3. The highest BCUT2D eigenvalue weighted by atomic mass is 32.2. The predicted octanol–water partition coefficient (Wildman–Crippen LogP) is 1.37. The number of phenols is 1. The number of benzene rings is 1. The van der Waals surface area contributed by atoms with Crippen LogP contribution in [0.5, 0.6) is 5.75 Å². The first-order valence-corrected chi connectivity index (χ1v) is 9.02. The Morgan fingerprint density at radius 3 is 2.73 bits per heavy atom. The van der Waals surface area contributed by atoms with Crippen LogP contribution >= 0.6 is 0 Å². The second-order valence-electron chi connectivity index (χ2n) is 5.94. The summed E-state index contributed by atoms with van der Waals surface area (Å²) in [4.78, 5) is 13.5. The number of allylic oxidation sites excluding steroid dienone is 2. The Bertz CT molecular complexity index is 873. The molecule has 1 aliphatic carbocycles. The van der Waals surface area contributed by atoms with Gasteiger partial charge in [0.1, 0.15) is 0 Å². The molecular weight excluding hydrogens is 354 g/mol. The molecule has 0 bridgehead atoms. The smallest absolute Gasteiger partial charge is 0.269 e. The fourth-order valence-corrected chi connectivity index (χ4v) is 3.11. The van der Waals surface area contributed by atoms with Gasteiger partial charge in [0.05, 0.1) is 11.3 Å². The lowest BCUT2D eigenvalue weighted by molar-refractivity contribution is 0.0824. The first-order valence-electron chi connectivity index (χ1n) is 7.96. The first kappa shape index (κ1) is 17.9. The van der Waals surface area contributed by atoms with Crippen molar-refractivity contribution >= 4 is 34.4 Å². The van der Waals surface area contributed by atoms with Crippen molar-refractivity contribution in [3.05, 3.63) is 48.1 Å². The van der Waals surface area contributed by atoms with Gasteiger partial charge in [0.15, 0.2) is 17.4 Å². The number of carbonyl (C=O) groups excluding carboxylic acids is 1. The Labute approximate surface area is 153 Å². The molecule has 26 heavy (non-hydrogen) atoms. The molecule has 0 saturated carbocycles. The molecular formula is C17H19N5O3S. The fraction of sp³-hybridized carbons (Fsp3) is 0.235. The highest BCUT2D eigenvalue weighted by molar-refractivity contribution is 7.83. The number of rotatable bonds is 3. The highest BCUT2D eigenvalue weighted by Gasteiger charge is 2.23. The third-order valence-electron chi connectivity index (χ3n) is 3.79. The Morgan fingerprint density at radius 2 is 2.04 bits per heavy atom. The molecule has 2 atom stereocenters. The van der Waals surface area contributed by atoms with E-state index in [4.69, 9.17) is 0 Å². The van der Waals surface area contributed by atoms with Gasteiger partial charge in [-0.3, -0.25) is 4.79 Å². The average molecular weight is 373 g/mol. The van der Waals surface area contributed by atoms with E-state index in [1.54, 1.807) is 26.2 Å². The van der Waals surface area contributed by atoms with Crippen molar-refractivity contribution in [2.45, 2.75) is 12.5 Å². The van der Waals surface area contributed by atoms with Crippen LogP contribution in [0.15, 0.2) is 51.3 Å². The Kier molecular flexibility index (Phi) is 5.17. The number of phenolic OH excluding ortho intramolecular Hbond substituents is 1. The minimum Gasteiger partial charge on any atom is -0.505 e. The number of hydrogen-bond donors (Lipinski definition) is 3. The third kappa shape index (κ3) is 3.83. The molecule has 1 aromatic rings. The summed E-state index contributed by atoms with van der Waals surface area (Å²) in [6, 6.07) is 4.79. The van der Waals surface area contributed by atoms with E-state index in [1.807, 2.05) is 24.3 Å². The minimum absolute atomic E-state index is 0.0103. The Morgan fingerprint density at radius 1 is 1.27 bits per heavy atom. The molecule has 1 heterocycles. The Hall–Kier alpha value is -2.94. The van der Waals surface area contributed by atoms with Crippen molar-refractivity contribution in [2.75, 3.05) is 19.4 Å². The van der Waals surface area contributed by atoms with Gasteiger partial charge in [-0.25, -0.2) is 4.21 Å². The maximum Gasteiger partial charge on any atom is 0.269 e. The summed E-state index contributed by atoms with van der Waals surface area (Å²) < 4.78 is 19.7. The maximum atomic E-state index is 12.1. The van der Waals surface area contributed by atoms with E-state index < -0.39 is 11.2 Å². The van der Waals surface area contributed by atoms with Gasteiger partial charge in [0, 0.05) is 20.1 Å². The molecule has 136 valence electrons. The average Bonchev–Trinajstić information content (AvgIpc) is 2.96. The van der Waals surface area contributed by atoms with Crippen molar-refractivity contribution in [1.29, 1.82) is 0 Å². The second-order valence-corrected chi connectivity index (χ2v) is 6.76. The lowest BCUT2D eigenvalue weighted by atomic mass is 10.1. The normalized spacial score (nSPS) is 21.2. The first-order chi connectivity index (χ1) is 12.5. The number of carbonyl (C=O) groups is 1. The van der Waals surface area contributed by atoms with Crippen LogP contribution < -0.4 is 10.6 Å². The van der Waals surface area contributed by atoms with E-state index in [0.717, 1.165) is 6.42 Å². The summed E-state index contributed by atoms with van der Waals surface area (Å²) >= 11 is -1.74. The molecule has 0 fully saturated rings. The van der Waals surface area contributed by atoms with Gasteiger partial charge in [0.2, 0.25) is 0 Å². The van der Waals surface area contributed by atoms with Crippen molar-refractivity contribution in [3.8, 4) is 5.75 Å². The largest absolute Gasteiger partial charge is 0.505 e. The standard InChI is InChI=1S/C17H19N5O3S/c1-22(2)17(24)12-9-6-10-13(14(12)23)19-16-15(20-26(25)21-16)18-11-7-4-3-5-8-11/h3-7,9-11,23H,8H2,1-2H3,(H,18,20)(H,19,21). The molecule has 2 aliphatic rings. The SMILES string of the molecule is CN(C)C(=O)c1cccc(NC2=NS(=O)N=C2NC2C=CC=CC2)c1O. The van der Waals surface area contributed by atoms with E-state index in [9.17, 15) is 14.1 Å². The number of aromatic hydroxyl groups is 1. The van der Waals surface area contributed by atoms with Crippen molar-refractivity contribution in [1.82, 2.24) is 10.2 Å². The van der Waals surface area contributed by atoms with Crippen molar-refractivity contribution in [2.24, 2.45) is 8.80 Å². The second kappa shape index (κ2) is 7.52. The maximum absolute atomic E-state index is 12.1. The number of hydrogen-bond acceptors (Lipinski definition) is 5. The number of anilines is 1. The summed E-state index contributed by atoms with van der Waals surface area (Å²) in [6.07, 6.45) is 8.62. The van der Waals surface area contributed by atoms with E-state index in [-0.39, 0.29) is 34.8 Å². The number of para-hydroxylation sites is 1. The predicted molar refractivity (Wildman–Crippen MR) is 103 cm³/mol. The van der Waals surface area contributed by atoms with E-state index in [1.165, 1.54) is 11.0 Å². The molecule has 9 heteroatoms. The van der Waals surface area contributed by atoms with E-state index in [2.05, 4.69) is 19.4 Å². The van der Waals surface area contributed by atoms with Gasteiger partial charge >= 0.3 is 0 Å². The van der Waals surface area contributed by atoms with Crippen LogP contribution in [0, 0.1) is 0 Å². The summed E-state index contributed by atoms with van der Waals surface area (Å²) in [5, 5.41) is 16.5. The van der Waals surface area contributed by atoms with E-state index >= 15 is 0 Å². The topological polar surface area (TPSA) is 106 Å². The number of amides is 1. The number of amidine groups is 2. The molecule has 0 spiro atoms. The molecule has 1 amide bonds. The van der Waals surface area contributed by atoms with Crippen molar-refractivity contribution < 1.29 is 14.1 Å². The van der Waals surface area contributed by atoms with E-state index in [0.29, 0.717) is 5.84 Å². The molecule has 1 aromatic carbocycles. The molecule has 0 aromatic heterocycles. The lowest BCUT2D eigenvalue weighted by Crippen LogP contribution is -2.40. The molecule has 8 nitrogen and oxygen atoms in total. The van der Waals surface area contributed by atoms with Crippen LogP contribution in [0.25, 0.3) is 0 Å². The van der Waals surface area contributed by atoms with Crippen LogP contribution in [0.1, 0.15) is 16.8 Å². The summed E-state index contributed by atoms with van der Waals surface area (Å²) in [5.41, 5.74) is 0.440. The van der Waals surface area contributed by atoms with Crippen LogP contribution in [-0.4, -0.2) is 51.9 Å². The molecule has 3 rings (SSSR count). The van der Waals surface area contributed by atoms with Gasteiger partial charge in [-0.15, -0.1) is 8.80 Å². The Balaban J connectivity index is 1.80. The fourth-order valence-electron chi connectivity index (χ4n) is 2.49. The van der Waals surface area contributed by atoms with Crippen molar-refractivity contribution in [3.63, 3.8) is 0 Å². The monoisotopic (exact) mass is 373 g/mol. The van der Waals surface area contributed by atoms with Crippen LogP contribution in [0.2, 0.25) is 0 Å². The third-order valence-corrected chi connectivity index (χ3v) is 4.47. The number of nitrogens with one attached hydrogen (secondary N) is 2. The molecule has 2 unspecified atom stereocenters. The molecule has 1 aliphatic heterocycles. The van der Waals surface area contributed by atoms with Gasteiger partial charge in [0.25, 0.3) is 17.1 Å². The van der Waals surface area contributed by atoms with Gasteiger partial charge in [-0.1, -0.05) is 30.4 Å². The van der Waals surface area contributed by atoms with Gasteiger partial charge < -0.3 is 20.6 Å². The van der Waals surface area contributed by atoms with Gasteiger partial charge in [-0.05, 0) is 18.6 Å². The zero-order valence-corrected chi connectivity index (χ0v) is 15.2. The highest BCUT2D eigenvalue weighted by Crippen LogP contribution is 2.28. The zero-order valence-electron chi connectivity index (χ0n) is 14.3. The summed E-state index contributed by atoms with van der Waals surface area (Å²) in [6.45, 7) is 0. The van der Waals surface area contributed by atoms with Crippen LogP contribution in [0.4, 0.5) is 5.69 Å². The molecule has 0 saturated heterocycles.